The average molecular weight is 466 g/mol. The molecule has 35 heavy (non-hydrogen) atoms. The van der Waals surface area contributed by atoms with Crippen molar-refractivity contribution in [1.29, 1.82) is 0 Å². The number of carbonyl (C=O) groups excluding carboxylic acids is 1. The van der Waals surface area contributed by atoms with Crippen LogP contribution in [0.2, 0.25) is 0 Å². The summed E-state index contributed by atoms with van der Waals surface area (Å²) in [5.74, 6) is 0.300. The van der Waals surface area contributed by atoms with Gasteiger partial charge in [-0.2, -0.15) is 0 Å². The molecule has 0 saturated carbocycles. The molecule has 1 amide bonds. The zero-order chi connectivity index (χ0) is 24.2. The van der Waals surface area contributed by atoms with Crippen molar-refractivity contribution < 1.29 is 4.79 Å². The fourth-order valence-corrected chi connectivity index (χ4v) is 5.08. The number of hydrogen-bond acceptors (Lipinski definition) is 2. The molecule has 4 aromatic rings. The molecule has 3 aromatic carbocycles. The number of aromatic nitrogens is 1. The van der Waals surface area contributed by atoms with Crippen LogP contribution in [-0.2, 0) is 24.4 Å². The number of fused-ring (bicyclic) bond motifs is 1. The predicted molar refractivity (Wildman–Crippen MR) is 143 cm³/mol. The second-order valence-electron chi connectivity index (χ2n) is 10.0. The highest BCUT2D eigenvalue weighted by Gasteiger charge is 2.25. The van der Waals surface area contributed by atoms with E-state index in [0.717, 1.165) is 44.6 Å². The van der Waals surface area contributed by atoms with E-state index < -0.39 is 0 Å². The van der Waals surface area contributed by atoms with Crippen LogP contribution >= 0.6 is 0 Å². The molecular formula is C31H35N3O. The molecule has 5 rings (SSSR count). The second kappa shape index (κ2) is 10.5. The maximum absolute atomic E-state index is 12.8. The van der Waals surface area contributed by atoms with Crippen LogP contribution in [0.1, 0.15) is 40.8 Å². The SMILES string of the molecule is Cc1ccc(CNC(=O)C2CCN(Cc3cc4ccccc4n3Cc3ccc(C)cc3)CC2)cc1. The minimum absolute atomic E-state index is 0.107. The number of benzene rings is 3. The number of amides is 1. The summed E-state index contributed by atoms with van der Waals surface area (Å²) in [5.41, 5.74) is 7.63. The number of rotatable bonds is 7. The standard InChI is InChI=1S/C31H35N3O/c1-23-7-11-25(12-8-23)20-32-31(35)27-15-17-33(18-16-27)22-29-19-28-5-3-4-6-30(28)34(29)21-26-13-9-24(2)10-14-26/h3-14,19,27H,15-18,20-22H2,1-2H3,(H,32,35). The Bertz CT molecular complexity index is 1280. The largest absolute Gasteiger partial charge is 0.352 e. The van der Waals surface area contributed by atoms with Gasteiger partial charge in [-0.15, -0.1) is 0 Å². The van der Waals surface area contributed by atoms with E-state index in [0.29, 0.717) is 6.54 Å². The molecule has 1 aliphatic heterocycles. The Balaban J connectivity index is 1.21. The summed E-state index contributed by atoms with van der Waals surface area (Å²) in [7, 11) is 0. The average Bonchev–Trinajstić information content (AvgIpc) is 3.22. The van der Waals surface area contributed by atoms with Crippen LogP contribution in [0, 0.1) is 19.8 Å². The van der Waals surface area contributed by atoms with Gasteiger partial charge in [-0.05, 0) is 68.4 Å². The Morgan fingerprint density at radius 1 is 0.829 bits per heavy atom. The van der Waals surface area contributed by atoms with Crippen LogP contribution in [0.3, 0.4) is 0 Å². The van der Waals surface area contributed by atoms with Gasteiger partial charge in [0.15, 0.2) is 0 Å². The molecule has 0 aliphatic carbocycles. The van der Waals surface area contributed by atoms with Gasteiger partial charge in [-0.25, -0.2) is 0 Å². The predicted octanol–water partition coefficient (Wildman–Crippen LogP) is 5.83. The van der Waals surface area contributed by atoms with Gasteiger partial charge < -0.3 is 9.88 Å². The zero-order valence-electron chi connectivity index (χ0n) is 20.8. The maximum Gasteiger partial charge on any atom is 0.223 e. The first kappa shape index (κ1) is 23.4. The summed E-state index contributed by atoms with van der Waals surface area (Å²) >= 11 is 0. The molecule has 0 spiro atoms. The Morgan fingerprint density at radius 2 is 1.46 bits per heavy atom. The maximum atomic E-state index is 12.8. The number of nitrogens with zero attached hydrogens (tertiary/aromatic N) is 2. The van der Waals surface area contributed by atoms with Crippen LogP contribution in [0.25, 0.3) is 10.9 Å². The van der Waals surface area contributed by atoms with Crippen molar-refractivity contribution in [2.75, 3.05) is 13.1 Å². The lowest BCUT2D eigenvalue weighted by Crippen LogP contribution is -2.40. The quantitative estimate of drug-likeness (QED) is 0.373. The summed E-state index contributed by atoms with van der Waals surface area (Å²) in [6.45, 7) is 8.52. The molecule has 0 unspecified atom stereocenters. The lowest BCUT2D eigenvalue weighted by Gasteiger charge is -2.31. The molecule has 4 nitrogen and oxygen atoms in total. The van der Waals surface area contributed by atoms with Crippen molar-refractivity contribution in [3.63, 3.8) is 0 Å². The zero-order valence-corrected chi connectivity index (χ0v) is 20.8. The highest BCUT2D eigenvalue weighted by atomic mass is 16.1. The van der Waals surface area contributed by atoms with Crippen LogP contribution in [-0.4, -0.2) is 28.5 Å². The highest BCUT2D eigenvalue weighted by molar-refractivity contribution is 5.81. The topological polar surface area (TPSA) is 37.3 Å². The molecule has 1 fully saturated rings. The van der Waals surface area contributed by atoms with Gasteiger partial charge in [-0.1, -0.05) is 77.9 Å². The van der Waals surface area contributed by atoms with Crippen LogP contribution < -0.4 is 5.32 Å². The fraction of sp³-hybridized carbons (Fsp3) is 0.323. The van der Waals surface area contributed by atoms with E-state index in [2.05, 4.69) is 107 Å². The molecule has 1 aromatic heterocycles. The van der Waals surface area contributed by atoms with Gasteiger partial charge in [0, 0.05) is 36.8 Å². The van der Waals surface area contributed by atoms with Gasteiger partial charge in [-0.3, -0.25) is 9.69 Å². The van der Waals surface area contributed by atoms with E-state index in [4.69, 9.17) is 0 Å². The normalized spacial score (nSPS) is 14.9. The molecule has 1 N–H and O–H groups in total. The number of carbonyl (C=O) groups is 1. The minimum Gasteiger partial charge on any atom is -0.352 e. The van der Waals surface area contributed by atoms with E-state index in [9.17, 15) is 4.79 Å². The van der Waals surface area contributed by atoms with E-state index in [1.807, 2.05) is 0 Å². The summed E-state index contributed by atoms with van der Waals surface area (Å²) in [6, 6.07) is 28.2. The smallest absolute Gasteiger partial charge is 0.223 e. The van der Waals surface area contributed by atoms with Gasteiger partial charge >= 0.3 is 0 Å². The fourth-order valence-electron chi connectivity index (χ4n) is 5.08. The number of aryl methyl sites for hydroxylation is 2. The van der Waals surface area contributed by atoms with Gasteiger partial charge in [0.25, 0.3) is 0 Å². The number of para-hydroxylation sites is 1. The third-order valence-corrected chi connectivity index (χ3v) is 7.29. The Morgan fingerprint density at radius 3 is 2.14 bits per heavy atom. The Hall–Kier alpha value is -3.37. The summed E-state index contributed by atoms with van der Waals surface area (Å²) in [6.07, 6.45) is 1.83. The van der Waals surface area contributed by atoms with Gasteiger partial charge in [0.2, 0.25) is 5.91 Å². The first-order valence-electron chi connectivity index (χ1n) is 12.7. The molecule has 1 aliphatic rings. The van der Waals surface area contributed by atoms with Crippen LogP contribution in [0.5, 0.6) is 0 Å². The molecule has 180 valence electrons. The summed E-state index contributed by atoms with van der Waals surface area (Å²) < 4.78 is 2.46. The van der Waals surface area contributed by atoms with Crippen molar-refractivity contribution in [3.05, 3.63) is 107 Å². The second-order valence-corrected chi connectivity index (χ2v) is 10.0. The van der Waals surface area contributed by atoms with E-state index in [1.165, 1.54) is 33.3 Å². The van der Waals surface area contributed by atoms with Crippen LogP contribution in [0.15, 0.2) is 78.9 Å². The highest BCUT2D eigenvalue weighted by Crippen LogP contribution is 2.25. The van der Waals surface area contributed by atoms with Crippen molar-refractivity contribution in [2.24, 2.45) is 5.92 Å². The first-order valence-corrected chi connectivity index (χ1v) is 12.7. The third kappa shape index (κ3) is 5.66. The number of nitrogens with one attached hydrogen (secondary N) is 1. The minimum atomic E-state index is 0.107. The van der Waals surface area contributed by atoms with E-state index in [1.54, 1.807) is 0 Å². The van der Waals surface area contributed by atoms with Gasteiger partial charge in [0.1, 0.15) is 0 Å². The molecule has 4 heteroatoms. The van der Waals surface area contributed by atoms with Gasteiger partial charge in [0.05, 0.1) is 0 Å². The first-order chi connectivity index (χ1) is 17.0. The Kier molecular flexibility index (Phi) is 7.01. The van der Waals surface area contributed by atoms with Crippen molar-refractivity contribution in [2.45, 2.75) is 46.3 Å². The monoisotopic (exact) mass is 465 g/mol. The number of hydrogen-bond donors (Lipinski definition) is 1. The van der Waals surface area contributed by atoms with Crippen LogP contribution in [0.4, 0.5) is 0 Å². The van der Waals surface area contributed by atoms with Crippen molar-refractivity contribution in [3.8, 4) is 0 Å². The summed E-state index contributed by atoms with van der Waals surface area (Å²) in [5, 5.41) is 4.44. The third-order valence-electron chi connectivity index (χ3n) is 7.29. The van der Waals surface area contributed by atoms with Crippen molar-refractivity contribution in [1.82, 2.24) is 14.8 Å². The lowest BCUT2D eigenvalue weighted by atomic mass is 9.95. The lowest BCUT2D eigenvalue weighted by molar-refractivity contribution is -0.126. The van der Waals surface area contributed by atoms with Crippen molar-refractivity contribution >= 4 is 16.8 Å². The summed E-state index contributed by atoms with van der Waals surface area (Å²) in [4.78, 5) is 15.3. The Labute approximate surface area is 208 Å². The molecule has 0 radical (unpaired) electrons. The molecule has 1 saturated heterocycles. The molecule has 0 bridgehead atoms. The van der Waals surface area contributed by atoms with E-state index in [-0.39, 0.29) is 11.8 Å². The molecular weight excluding hydrogens is 430 g/mol. The van der Waals surface area contributed by atoms with E-state index >= 15 is 0 Å². The number of likely N-dealkylation sites (tertiary alicyclic amines) is 1. The molecule has 2 heterocycles. The molecule has 0 atom stereocenters. The number of piperidine rings is 1.